The van der Waals surface area contributed by atoms with E-state index in [1.54, 1.807) is 7.11 Å². The van der Waals surface area contributed by atoms with Crippen molar-refractivity contribution in [2.24, 2.45) is 5.41 Å². The van der Waals surface area contributed by atoms with E-state index in [4.69, 9.17) is 4.74 Å². The minimum absolute atomic E-state index is 0.0109. The quantitative estimate of drug-likeness (QED) is 0.814. The van der Waals surface area contributed by atoms with E-state index >= 15 is 0 Å². The summed E-state index contributed by atoms with van der Waals surface area (Å²) in [5.74, 6) is -0.354. The number of aliphatic hydroxyl groups excluding tert-OH is 1. The Hall–Kier alpha value is -1.46. The second-order valence-electron chi connectivity index (χ2n) is 6.01. The van der Waals surface area contributed by atoms with Crippen LogP contribution in [0.3, 0.4) is 0 Å². The van der Waals surface area contributed by atoms with E-state index < -0.39 is 6.10 Å². The number of hydrogen-bond acceptors (Lipinski definition) is 3. The first-order valence-corrected chi connectivity index (χ1v) is 7.78. The number of ether oxygens (including phenoxy) is 1. The van der Waals surface area contributed by atoms with Crippen LogP contribution >= 0.6 is 0 Å². The van der Waals surface area contributed by atoms with Crippen LogP contribution in [0.15, 0.2) is 24.3 Å². The lowest BCUT2D eigenvalue weighted by Crippen LogP contribution is -2.41. The molecular formula is C17H24FNO3. The fraction of sp³-hybridized carbons (Fsp3) is 0.588. The average Bonchev–Trinajstić information content (AvgIpc) is 3.01. The van der Waals surface area contributed by atoms with Crippen LogP contribution in [-0.4, -0.2) is 31.3 Å². The third-order valence-electron chi connectivity index (χ3n) is 4.54. The van der Waals surface area contributed by atoms with Crippen LogP contribution in [0.4, 0.5) is 4.39 Å². The van der Waals surface area contributed by atoms with Gasteiger partial charge in [-0.2, -0.15) is 0 Å². The molecule has 0 saturated heterocycles. The van der Waals surface area contributed by atoms with Crippen LogP contribution in [0.1, 0.15) is 43.8 Å². The van der Waals surface area contributed by atoms with E-state index in [0.29, 0.717) is 18.6 Å². The van der Waals surface area contributed by atoms with Crippen molar-refractivity contribution in [3.05, 3.63) is 35.6 Å². The molecule has 0 aromatic heterocycles. The molecule has 0 radical (unpaired) electrons. The van der Waals surface area contributed by atoms with E-state index in [-0.39, 0.29) is 23.7 Å². The van der Waals surface area contributed by atoms with Gasteiger partial charge in [-0.25, -0.2) is 4.39 Å². The van der Waals surface area contributed by atoms with Crippen molar-refractivity contribution in [1.29, 1.82) is 0 Å². The molecule has 4 nitrogen and oxygen atoms in total. The predicted molar refractivity (Wildman–Crippen MR) is 81.8 cm³/mol. The third-order valence-corrected chi connectivity index (χ3v) is 4.54. The van der Waals surface area contributed by atoms with Gasteiger partial charge in [0.05, 0.1) is 11.5 Å². The Kier molecular flexibility index (Phi) is 5.91. The summed E-state index contributed by atoms with van der Waals surface area (Å²) in [5.41, 5.74) is 0.234. The molecule has 1 aromatic rings. The molecule has 1 unspecified atom stereocenters. The summed E-state index contributed by atoms with van der Waals surface area (Å²) in [6.45, 7) is 0.702. The summed E-state index contributed by atoms with van der Waals surface area (Å²) in [4.78, 5) is 12.5. The molecule has 1 aliphatic rings. The zero-order valence-corrected chi connectivity index (χ0v) is 13.0. The second-order valence-corrected chi connectivity index (χ2v) is 6.01. The molecule has 5 heteroatoms. The maximum Gasteiger partial charge on any atom is 0.226 e. The molecule has 1 aromatic carbocycles. The van der Waals surface area contributed by atoms with Crippen molar-refractivity contribution < 1.29 is 19.0 Å². The number of halogens is 1. The van der Waals surface area contributed by atoms with Crippen LogP contribution in [0, 0.1) is 11.2 Å². The molecule has 0 spiro atoms. The van der Waals surface area contributed by atoms with Gasteiger partial charge in [0.15, 0.2) is 0 Å². The van der Waals surface area contributed by atoms with Crippen molar-refractivity contribution in [3.8, 4) is 0 Å². The minimum Gasteiger partial charge on any atom is -0.387 e. The molecule has 0 bridgehead atoms. The summed E-state index contributed by atoms with van der Waals surface area (Å²) >= 11 is 0. The lowest BCUT2D eigenvalue weighted by molar-refractivity contribution is -0.132. The molecule has 2 rings (SSSR count). The number of nitrogens with one attached hydrogen (secondary N) is 1. The Labute approximate surface area is 130 Å². The Morgan fingerprint density at radius 3 is 2.59 bits per heavy atom. The first-order valence-electron chi connectivity index (χ1n) is 7.78. The number of carbonyl (C=O) groups excluding carboxylic acids is 1. The van der Waals surface area contributed by atoms with Gasteiger partial charge in [0, 0.05) is 20.3 Å². The molecule has 2 N–H and O–H groups in total. The molecule has 122 valence electrons. The smallest absolute Gasteiger partial charge is 0.226 e. The van der Waals surface area contributed by atoms with Crippen molar-refractivity contribution in [1.82, 2.24) is 5.32 Å². The van der Waals surface area contributed by atoms with Crippen molar-refractivity contribution in [2.45, 2.75) is 38.2 Å². The third kappa shape index (κ3) is 4.05. The highest BCUT2D eigenvalue weighted by molar-refractivity contribution is 5.82. The maximum absolute atomic E-state index is 12.9. The van der Waals surface area contributed by atoms with Gasteiger partial charge in [0.25, 0.3) is 0 Å². The summed E-state index contributed by atoms with van der Waals surface area (Å²) in [5, 5.41) is 13.0. The van der Waals surface area contributed by atoms with Crippen molar-refractivity contribution in [2.75, 3.05) is 20.3 Å². The van der Waals surface area contributed by atoms with Gasteiger partial charge in [-0.1, -0.05) is 25.0 Å². The van der Waals surface area contributed by atoms with E-state index in [1.807, 2.05) is 0 Å². The zero-order valence-electron chi connectivity index (χ0n) is 13.0. The van der Waals surface area contributed by atoms with Crippen LogP contribution in [0.25, 0.3) is 0 Å². The van der Waals surface area contributed by atoms with E-state index in [9.17, 15) is 14.3 Å². The van der Waals surface area contributed by atoms with E-state index in [2.05, 4.69) is 5.32 Å². The number of amides is 1. The van der Waals surface area contributed by atoms with Crippen LogP contribution in [0.5, 0.6) is 0 Å². The fourth-order valence-corrected chi connectivity index (χ4v) is 3.12. The van der Waals surface area contributed by atoms with Gasteiger partial charge in [-0.15, -0.1) is 0 Å². The monoisotopic (exact) mass is 309 g/mol. The molecule has 0 heterocycles. The highest BCUT2D eigenvalue weighted by Crippen LogP contribution is 2.41. The number of benzene rings is 1. The van der Waals surface area contributed by atoms with Gasteiger partial charge < -0.3 is 15.2 Å². The first kappa shape index (κ1) is 16.9. The van der Waals surface area contributed by atoms with Crippen LogP contribution in [-0.2, 0) is 9.53 Å². The van der Waals surface area contributed by atoms with Gasteiger partial charge in [0.1, 0.15) is 5.82 Å². The summed E-state index contributed by atoms with van der Waals surface area (Å²) in [6, 6.07) is 5.67. The van der Waals surface area contributed by atoms with E-state index in [1.165, 1.54) is 24.3 Å². The Bertz CT molecular complexity index is 483. The molecule has 0 aliphatic heterocycles. The Morgan fingerprint density at radius 1 is 1.36 bits per heavy atom. The molecule has 1 aliphatic carbocycles. The number of rotatable bonds is 7. The standard InChI is InChI=1S/C17H24FNO3/c1-22-11-10-17(8-2-3-9-17)16(21)19-12-15(20)13-4-6-14(18)7-5-13/h4-7,15,20H,2-3,8-12H2,1H3,(H,19,21). The lowest BCUT2D eigenvalue weighted by Gasteiger charge is -2.28. The largest absolute Gasteiger partial charge is 0.387 e. The molecule has 1 amide bonds. The molecule has 1 atom stereocenters. The number of methoxy groups -OCH3 is 1. The molecule has 1 fully saturated rings. The topological polar surface area (TPSA) is 58.6 Å². The highest BCUT2D eigenvalue weighted by atomic mass is 19.1. The number of hydrogen-bond donors (Lipinski definition) is 2. The van der Waals surface area contributed by atoms with Crippen LogP contribution in [0.2, 0.25) is 0 Å². The predicted octanol–water partition coefficient (Wildman–Crippen LogP) is 2.57. The van der Waals surface area contributed by atoms with Crippen LogP contribution < -0.4 is 5.32 Å². The highest BCUT2D eigenvalue weighted by Gasteiger charge is 2.40. The SMILES string of the molecule is COCCC1(C(=O)NCC(O)c2ccc(F)cc2)CCCC1. The zero-order chi connectivity index (χ0) is 16.0. The van der Waals surface area contributed by atoms with Gasteiger partial charge in [0.2, 0.25) is 5.91 Å². The number of carbonyl (C=O) groups is 1. The number of aliphatic hydroxyl groups is 1. The summed E-state index contributed by atoms with van der Waals surface area (Å²) in [7, 11) is 1.64. The van der Waals surface area contributed by atoms with Crippen molar-refractivity contribution in [3.63, 3.8) is 0 Å². The van der Waals surface area contributed by atoms with E-state index in [0.717, 1.165) is 25.7 Å². The lowest BCUT2D eigenvalue weighted by atomic mass is 9.82. The first-order chi connectivity index (χ1) is 10.6. The Balaban J connectivity index is 1.91. The summed E-state index contributed by atoms with van der Waals surface area (Å²) < 4.78 is 18.0. The van der Waals surface area contributed by atoms with Gasteiger partial charge >= 0.3 is 0 Å². The minimum atomic E-state index is -0.828. The Morgan fingerprint density at radius 2 is 2.00 bits per heavy atom. The molecule has 1 saturated carbocycles. The average molecular weight is 309 g/mol. The fourth-order valence-electron chi connectivity index (χ4n) is 3.12. The van der Waals surface area contributed by atoms with Gasteiger partial charge in [-0.05, 0) is 37.0 Å². The van der Waals surface area contributed by atoms with Crippen molar-refractivity contribution >= 4 is 5.91 Å². The molecular weight excluding hydrogens is 285 g/mol. The second kappa shape index (κ2) is 7.70. The maximum atomic E-state index is 12.9. The summed E-state index contributed by atoms with van der Waals surface area (Å²) in [6.07, 6.45) is 3.73. The normalized spacial score (nSPS) is 18.1. The van der Waals surface area contributed by atoms with Gasteiger partial charge in [-0.3, -0.25) is 4.79 Å². The molecule has 22 heavy (non-hydrogen) atoms.